The van der Waals surface area contributed by atoms with E-state index in [2.05, 4.69) is 9.88 Å². The minimum atomic E-state index is -4.44. The van der Waals surface area contributed by atoms with E-state index < -0.39 is 17.7 Å². The van der Waals surface area contributed by atoms with Crippen molar-refractivity contribution in [2.75, 3.05) is 6.54 Å². The molecule has 1 aliphatic heterocycles. The number of aliphatic carboxylic acids is 1. The van der Waals surface area contributed by atoms with Crippen molar-refractivity contribution in [3.8, 4) is 5.75 Å². The Balaban J connectivity index is 1.27. The maximum atomic E-state index is 14.1. The molecule has 0 spiro atoms. The Kier molecular flexibility index (Phi) is 6.19. The van der Waals surface area contributed by atoms with Crippen molar-refractivity contribution < 1.29 is 32.2 Å². The number of thiazole rings is 1. The number of rotatable bonds is 6. The lowest BCUT2D eigenvalue weighted by Crippen LogP contribution is -2.31. The van der Waals surface area contributed by atoms with Gasteiger partial charge in [-0.05, 0) is 54.7 Å². The van der Waals surface area contributed by atoms with Gasteiger partial charge in [0.25, 0.3) is 0 Å². The smallest absolute Gasteiger partial charge is 0.416 e. The molecule has 0 saturated heterocycles. The predicted molar refractivity (Wildman–Crippen MR) is 135 cm³/mol. The number of benzene rings is 2. The molecule has 0 bridgehead atoms. The van der Waals surface area contributed by atoms with Crippen LogP contribution in [0.2, 0.25) is 0 Å². The molecule has 38 heavy (non-hydrogen) atoms. The molecule has 1 N–H and O–H groups in total. The molecule has 1 atom stereocenters. The predicted octanol–water partition coefficient (Wildman–Crippen LogP) is 6.47. The van der Waals surface area contributed by atoms with Crippen LogP contribution in [0.4, 0.5) is 13.2 Å². The van der Waals surface area contributed by atoms with Crippen LogP contribution in [-0.4, -0.2) is 27.5 Å². The molecule has 0 unspecified atom stereocenters. The molecule has 3 heterocycles. The van der Waals surface area contributed by atoms with E-state index in [1.807, 2.05) is 6.92 Å². The maximum absolute atomic E-state index is 14.1. The molecule has 2 aromatic carbocycles. The van der Waals surface area contributed by atoms with E-state index in [-0.39, 0.29) is 19.1 Å². The Hall–Kier alpha value is -3.37. The van der Waals surface area contributed by atoms with Gasteiger partial charge < -0.3 is 14.3 Å². The summed E-state index contributed by atoms with van der Waals surface area (Å²) >= 11 is 1.61. The number of hydrogen-bond donors (Lipinski definition) is 1. The van der Waals surface area contributed by atoms with E-state index >= 15 is 0 Å². The van der Waals surface area contributed by atoms with Crippen molar-refractivity contribution in [3.05, 3.63) is 80.0 Å². The second-order valence-corrected chi connectivity index (χ2v) is 11.1. The van der Waals surface area contributed by atoms with Crippen molar-refractivity contribution in [1.29, 1.82) is 0 Å². The Labute approximate surface area is 220 Å². The molecule has 0 fully saturated rings. The minimum absolute atomic E-state index is 0.144. The van der Waals surface area contributed by atoms with Gasteiger partial charge in [-0.2, -0.15) is 13.2 Å². The van der Waals surface area contributed by atoms with Crippen molar-refractivity contribution in [3.63, 3.8) is 0 Å². The van der Waals surface area contributed by atoms with Crippen LogP contribution < -0.4 is 4.74 Å². The van der Waals surface area contributed by atoms with Gasteiger partial charge in [0.2, 0.25) is 0 Å². The second-order valence-electron chi connectivity index (χ2n) is 9.86. The van der Waals surface area contributed by atoms with Gasteiger partial charge in [0.15, 0.2) is 0 Å². The molecule has 10 heteroatoms. The zero-order valence-electron chi connectivity index (χ0n) is 20.6. The summed E-state index contributed by atoms with van der Waals surface area (Å²) in [6.45, 7) is 3.46. The van der Waals surface area contributed by atoms with Crippen LogP contribution in [0.1, 0.15) is 55.9 Å². The van der Waals surface area contributed by atoms with Crippen molar-refractivity contribution >= 4 is 28.3 Å². The number of furan rings is 1. The van der Waals surface area contributed by atoms with E-state index in [1.54, 1.807) is 35.6 Å². The number of carboxylic acid groups (broad SMARTS) is 1. The minimum Gasteiger partial charge on any atom is -0.486 e. The van der Waals surface area contributed by atoms with Gasteiger partial charge in [0, 0.05) is 47.9 Å². The molecular weight excluding hydrogens is 517 g/mol. The largest absolute Gasteiger partial charge is 0.486 e. The second kappa shape index (κ2) is 9.43. The summed E-state index contributed by atoms with van der Waals surface area (Å²) in [7, 11) is 0. The Morgan fingerprint density at radius 1 is 1.26 bits per heavy atom. The first-order valence-corrected chi connectivity index (χ1v) is 13.3. The van der Waals surface area contributed by atoms with E-state index in [9.17, 15) is 18.0 Å². The number of aryl methyl sites for hydroxylation is 1. The average Bonchev–Trinajstić information content (AvgIpc) is 3.54. The summed E-state index contributed by atoms with van der Waals surface area (Å²) in [6.07, 6.45) is -1.72. The number of aromatic nitrogens is 1. The van der Waals surface area contributed by atoms with Crippen molar-refractivity contribution in [2.24, 2.45) is 0 Å². The fourth-order valence-electron chi connectivity index (χ4n) is 5.64. The summed E-state index contributed by atoms with van der Waals surface area (Å²) in [5.41, 5.74) is 3.41. The Morgan fingerprint density at radius 3 is 2.89 bits per heavy atom. The van der Waals surface area contributed by atoms with Crippen LogP contribution in [0.5, 0.6) is 5.75 Å². The maximum Gasteiger partial charge on any atom is 0.416 e. The quantitative estimate of drug-likeness (QED) is 0.301. The topological polar surface area (TPSA) is 75.8 Å². The fourth-order valence-corrected chi connectivity index (χ4v) is 6.67. The summed E-state index contributed by atoms with van der Waals surface area (Å²) in [4.78, 5) is 18.8. The molecule has 0 radical (unpaired) electrons. The monoisotopic (exact) mass is 542 g/mol. The summed E-state index contributed by atoms with van der Waals surface area (Å²) in [5, 5.41) is 10.8. The first kappa shape index (κ1) is 24.9. The van der Waals surface area contributed by atoms with Gasteiger partial charge in [-0.15, -0.1) is 11.3 Å². The zero-order chi connectivity index (χ0) is 26.6. The van der Waals surface area contributed by atoms with E-state index in [0.717, 1.165) is 33.1 Å². The number of carboxylic acids is 1. The third-order valence-electron chi connectivity index (χ3n) is 7.32. The van der Waals surface area contributed by atoms with Gasteiger partial charge in [0.05, 0.1) is 28.9 Å². The zero-order valence-corrected chi connectivity index (χ0v) is 21.4. The lowest BCUT2D eigenvalue weighted by Gasteiger charge is -2.28. The van der Waals surface area contributed by atoms with E-state index in [4.69, 9.17) is 14.3 Å². The molecule has 1 aliphatic carbocycles. The van der Waals surface area contributed by atoms with Crippen LogP contribution in [0.15, 0.2) is 41.0 Å². The standard InChI is InChI=1S/C28H25F3N2O4S/c1-15-32-23-8-9-33(13-26(23)38-15)12-21-19-5-7-24(20(19)4-6-22(21)28(29,30)31)37-17-2-3-18-16(10-27(34)35)14-36-25(18)11-17/h2-4,6,11,14,24H,5,7-10,12-13H2,1H3,(H,34,35)/t24-/m1/s1. The molecular formula is C28H25F3N2O4S. The average molecular weight is 543 g/mol. The Bertz CT molecular complexity index is 1540. The number of hydrogen-bond acceptors (Lipinski definition) is 6. The molecule has 6 nitrogen and oxygen atoms in total. The van der Waals surface area contributed by atoms with E-state index in [1.165, 1.54) is 12.3 Å². The van der Waals surface area contributed by atoms with Gasteiger partial charge in [-0.1, -0.05) is 6.07 Å². The van der Waals surface area contributed by atoms with Crippen molar-refractivity contribution in [1.82, 2.24) is 9.88 Å². The van der Waals surface area contributed by atoms with E-state index in [0.29, 0.717) is 53.8 Å². The van der Waals surface area contributed by atoms with Crippen LogP contribution >= 0.6 is 11.3 Å². The highest BCUT2D eigenvalue weighted by molar-refractivity contribution is 7.11. The number of alkyl halides is 3. The highest BCUT2D eigenvalue weighted by Crippen LogP contribution is 2.43. The molecule has 0 saturated carbocycles. The van der Waals surface area contributed by atoms with Crippen LogP contribution in [0.25, 0.3) is 11.0 Å². The van der Waals surface area contributed by atoms with Crippen LogP contribution in [0, 0.1) is 6.92 Å². The van der Waals surface area contributed by atoms with Gasteiger partial charge in [-0.3, -0.25) is 9.69 Å². The number of nitrogens with zero attached hydrogens (tertiary/aromatic N) is 2. The summed E-state index contributed by atoms with van der Waals surface area (Å²) in [5.74, 6) is -0.422. The third kappa shape index (κ3) is 4.67. The lowest BCUT2D eigenvalue weighted by molar-refractivity contribution is -0.138. The molecule has 198 valence electrons. The first-order chi connectivity index (χ1) is 18.2. The summed E-state index contributed by atoms with van der Waals surface area (Å²) < 4.78 is 54.0. The lowest BCUT2D eigenvalue weighted by atomic mass is 9.95. The number of fused-ring (bicyclic) bond motifs is 3. The van der Waals surface area contributed by atoms with Crippen molar-refractivity contribution in [2.45, 2.75) is 58.0 Å². The normalized spacial score (nSPS) is 17.5. The SMILES string of the molecule is Cc1nc2c(s1)CN(Cc1c(C(F)(F)F)ccc3c1CC[C@H]3Oc1ccc3c(CC(=O)O)coc3c1)CC2. The molecule has 4 aromatic rings. The first-order valence-electron chi connectivity index (χ1n) is 12.4. The highest BCUT2D eigenvalue weighted by atomic mass is 32.1. The molecule has 0 amide bonds. The summed E-state index contributed by atoms with van der Waals surface area (Å²) in [6, 6.07) is 7.94. The van der Waals surface area contributed by atoms with Crippen LogP contribution in [0.3, 0.4) is 0 Å². The Morgan fingerprint density at radius 2 is 2.11 bits per heavy atom. The molecule has 2 aromatic heterocycles. The van der Waals surface area contributed by atoms with Gasteiger partial charge in [-0.25, -0.2) is 4.98 Å². The molecule has 6 rings (SSSR count). The number of carbonyl (C=O) groups is 1. The fraction of sp³-hybridized carbons (Fsp3) is 0.357. The number of ether oxygens (including phenoxy) is 1. The highest BCUT2D eigenvalue weighted by Gasteiger charge is 2.38. The van der Waals surface area contributed by atoms with Gasteiger partial charge in [0.1, 0.15) is 17.4 Å². The third-order valence-corrected chi connectivity index (χ3v) is 8.32. The van der Waals surface area contributed by atoms with Crippen LogP contribution in [-0.2, 0) is 43.3 Å². The van der Waals surface area contributed by atoms with Gasteiger partial charge >= 0.3 is 12.1 Å². The number of halogens is 3. The molecule has 2 aliphatic rings.